The molecule has 0 bridgehead atoms. The van der Waals surface area contributed by atoms with E-state index in [1.165, 1.54) is 42.6 Å². The zero-order chi connectivity index (χ0) is 30.9. The molecule has 1 aromatic heterocycles. The van der Waals surface area contributed by atoms with E-state index >= 15 is 0 Å². The van der Waals surface area contributed by atoms with Crippen LogP contribution >= 0.6 is 0 Å². The van der Waals surface area contributed by atoms with Crippen molar-refractivity contribution in [3.8, 4) is 22.9 Å². The Morgan fingerprint density at radius 2 is 0.957 bits per heavy atom. The summed E-state index contributed by atoms with van der Waals surface area (Å²) in [6, 6.07) is 67.6. The van der Waals surface area contributed by atoms with Crippen LogP contribution in [0.25, 0.3) is 38.6 Å². The van der Waals surface area contributed by atoms with Crippen LogP contribution in [0.15, 0.2) is 182 Å². The van der Waals surface area contributed by atoms with Crippen LogP contribution in [0.3, 0.4) is 0 Å². The van der Waals surface area contributed by atoms with Crippen molar-refractivity contribution in [1.29, 1.82) is 5.26 Å². The lowest BCUT2D eigenvalue weighted by Crippen LogP contribution is -2.75. The second-order valence-corrected chi connectivity index (χ2v) is 15.4. The molecule has 0 radical (unpaired) electrons. The van der Waals surface area contributed by atoms with Crippen LogP contribution in [0, 0.1) is 11.3 Å². The molecule has 1 heterocycles. The van der Waals surface area contributed by atoms with Gasteiger partial charge in [-0.1, -0.05) is 146 Å². The summed E-state index contributed by atoms with van der Waals surface area (Å²) in [7, 11) is -2.85. The number of nitrogens with zero attached hydrogens (tertiary/aromatic N) is 2. The maximum atomic E-state index is 10.2. The fourth-order valence-electron chi connectivity index (χ4n) is 7.22. The molecule has 8 rings (SSSR count). The van der Waals surface area contributed by atoms with E-state index in [4.69, 9.17) is 0 Å². The van der Waals surface area contributed by atoms with E-state index in [9.17, 15) is 5.26 Å². The van der Waals surface area contributed by atoms with Gasteiger partial charge in [0.15, 0.2) is 8.07 Å². The molecule has 216 valence electrons. The van der Waals surface area contributed by atoms with Gasteiger partial charge in [-0.2, -0.15) is 5.26 Å². The van der Waals surface area contributed by atoms with E-state index in [0.29, 0.717) is 5.56 Å². The maximum absolute atomic E-state index is 10.2. The highest BCUT2D eigenvalue weighted by Gasteiger charge is 2.43. The minimum Gasteiger partial charge on any atom is -0.309 e. The van der Waals surface area contributed by atoms with E-state index in [2.05, 4.69) is 187 Å². The summed E-state index contributed by atoms with van der Waals surface area (Å²) in [6.07, 6.45) is 0. The first-order valence-electron chi connectivity index (χ1n) is 15.6. The Morgan fingerprint density at radius 3 is 1.48 bits per heavy atom. The molecule has 0 saturated heterocycles. The molecule has 0 aliphatic rings. The number of hydrogen-bond acceptors (Lipinski definition) is 1. The van der Waals surface area contributed by atoms with Gasteiger partial charge in [0, 0.05) is 16.5 Å². The van der Waals surface area contributed by atoms with Crippen molar-refractivity contribution in [2.75, 3.05) is 0 Å². The minimum atomic E-state index is -2.85. The predicted molar refractivity (Wildman–Crippen MR) is 195 cm³/mol. The number of hydrogen-bond donors (Lipinski definition) is 0. The molecule has 0 unspecified atom stereocenters. The molecule has 2 nitrogen and oxygen atoms in total. The highest BCUT2D eigenvalue weighted by atomic mass is 28.3. The van der Waals surface area contributed by atoms with Crippen LogP contribution in [0.2, 0.25) is 0 Å². The van der Waals surface area contributed by atoms with E-state index in [0.717, 1.165) is 16.8 Å². The molecule has 0 aliphatic heterocycles. The summed E-state index contributed by atoms with van der Waals surface area (Å²) < 4.78 is 2.36. The number of benzene rings is 7. The Hall–Kier alpha value is -5.95. The molecular weight excluding hydrogens is 573 g/mol. The summed E-state index contributed by atoms with van der Waals surface area (Å²) in [5, 5.41) is 17.8. The van der Waals surface area contributed by atoms with Crippen LogP contribution in [-0.2, 0) is 0 Å². The van der Waals surface area contributed by atoms with Gasteiger partial charge in [0.2, 0.25) is 0 Å². The number of nitriles is 1. The monoisotopic (exact) mass is 602 g/mol. The largest absolute Gasteiger partial charge is 0.309 e. The fraction of sp³-hybridized carbons (Fsp3) is 0. The van der Waals surface area contributed by atoms with Crippen LogP contribution in [0.5, 0.6) is 0 Å². The van der Waals surface area contributed by atoms with Crippen molar-refractivity contribution in [3.63, 3.8) is 0 Å². The smallest absolute Gasteiger partial charge is 0.180 e. The quantitative estimate of drug-likeness (QED) is 0.142. The van der Waals surface area contributed by atoms with Gasteiger partial charge in [0.05, 0.1) is 22.7 Å². The molecule has 0 N–H and O–H groups in total. The van der Waals surface area contributed by atoms with Crippen molar-refractivity contribution in [1.82, 2.24) is 4.57 Å². The molecule has 0 spiro atoms. The summed E-state index contributed by atoms with van der Waals surface area (Å²) in [5.41, 5.74) is 6.27. The van der Waals surface area contributed by atoms with Gasteiger partial charge < -0.3 is 4.57 Å². The fourth-order valence-corrected chi connectivity index (χ4v) is 12.2. The Kier molecular flexibility index (Phi) is 6.91. The first-order chi connectivity index (χ1) is 22.8. The minimum absolute atomic E-state index is 0.651. The van der Waals surface area contributed by atoms with Gasteiger partial charge in [-0.3, -0.25) is 0 Å². The van der Waals surface area contributed by atoms with Crippen molar-refractivity contribution in [2.24, 2.45) is 0 Å². The van der Waals surface area contributed by atoms with Gasteiger partial charge >= 0.3 is 0 Å². The highest BCUT2D eigenvalue weighted by Crippen LogP contribution is 2.33. The van der Waals surface area contributed by atoms with Crippen LogP contribution < -0.4 is 20.7 Å². The summed E-state index contributed by atoms with van der Waals surface area (Å²) in [6.45, 7) is 0. The van der Waals surface area contributed by atoms with Gasteiger partial charge in [0.1, 0.15) is 0 Å². The van der Waals surface area contributed by atoms with Crippen molar-refractivity contribution >= 4 is 50.6 Å². The number of rotatable bonds is 6. The van der Waals surface area contributed by atoms with E-state index in [-0.39, 0.29) is 0 Å². The SMILES string of the molecule is N#Cc1ccc([Si](c2ccccc2)(c2ccccc2)c2ccccc2)c(-c2cccc(-n3c4ccccc4c4ccccc43)c2)c1. The molecule has 8 aromatic rings. The lowest BCUT2D eigenvalue weighted by Gasteiger charge is -2.36. The summed E-state index contributed by atoms with van der Waals surface area (Å²) >= 11 is 0. The van der Waals surface area contributed by atoms with E-state index < -0.39 is 8.07 Å². The van der Waals surface area contributed by atoms with Gasteiger partial charge in [-0.25, -0.2) is 0 Å². The van der Waals surface area contributed by atoms with Crippen LogP contribution in [0.1, 0.15) is 5.56 Å². The third kappa shape index (κ3) is 4.39. The molecule has 0 aliphatic carbocycles. The third-order valence-electron chi connectivity index (χ3n) is 9.17. The molecule has 0 atom stereocenters. The Labute approximate surface area is 270 Å². The number of fused-ring (bicyclic) bond motifs is 3. The zero-order valence-electron chi connectivity index (χ0n) is 25.2. The van der Waals surface area contributed by atoms with Crippen LogP contribution in [-0.4, -0.2) is 12.6 Å². The Bertz CT molecular complexity index is 2220. The number of aromatic nitrogens is 1. The average Bonchev–Trinajstić information content (AvgIpc) is 3.48. The first-order valence-corrected chi connectivity index (χ1v) is 17.6. The molecule has 0 amide bonds. The van der Waals surface area contributed by atoms with E-state index in [1.807, 2.05) is 6.07 Å². The normalized spacial score (nSPS) is 11.5. The van der Waals surface area contributed by atoms with Gasteiger partial charge in [-0.05, 0) is 68.3 Å². The summed E-state index contributed by atoms with van der Waals surface area (Å²) in [4.78, 5) is 0. The molecule has 0 saturated carbocycles. The Morgan fingerprint density at radius 1 is 0.457 bits per heavy atom. The predicted octanol–water partition coefficient (Wildman–Crippen LogP) is 7.70. The molecular formula is C43H30N2Si. The van der Waals surface area contributed by atoms with Gasteiger partial charge in [0.25, 0.3) is 0 Å². The Balaban J connectivity index is 1.45. The van der Waals surface area contributed by atoms with E-state index in [1.54, 1.807) is 0 Å². The molecule has 3 heteroatoms. The topological polar surface area (TPSA) is 28.7 Å². The average molecular weight is 603 g/mol. The summed E-state index contributed by atoms with van der Waals surface area (Å²) in [5.74, 6) is 0. The maximum Gasteiger partial charge on any atom is 0.180 e. The molecule has 46 heavy (non-hydrogen) atoms. The van der Waals surface area contributed by atoms with Crippen LogP contribution in [0.4, 0.5) is 0 Å². The van der Waals surface area contributed by atoms with Crippen molar-refractivity contribution in [2.45, 2.75) is 0 Å². The third-order valence-corrected chi connectivity index (χ3v) is 14.0. The van der Waals surface area contributed by atoms with Crippen molar-refractivity contribution < 1.29 is 0 Å². The van der Waals surface area contributed by atoms with Gasteiger partial charge in [-0.15, -0.1) is 0 Å². The number of para-hydroxylation sites is 2. The molecule has 0 fully saturated rings. The lowest BCUT2D eigenvalue weighted by molar-refractivity contribution is 1.18. The van der Waals surface area contributed by atoms with Crippen molar-refractivity contribution in [3.05, 3.63) is 188 Å². The standard InChI is InChI=1S/C43H30N2Si/c44-31-32-27-28-43(46(35-17-4-1-5-18-35,36-19-6-2-7-20-36)37-21-8-3-9-22-37)40(29-32)33-15-14-16-34(30-33)45-41-25-12-10-23-38(41)39-24-11-13-26-42(39)45/h1-30H. The molecule has 7 aromatic carbocycles. The first kappa shape index (κ1) is 27.6. The highest BCUT2D eigenvalue weighted by molar-refractivity contribution is 7.20. The second kappa shape index (κ2) is 11.5. The zero-order valence-corrected chi connectivity index (χ0v) is 26.2. The second-order valence-electron chi connectivity index (χ2n) is 11.6. The lowest BCUT2D eigenvalue weighted by atomic mass is 10.0.